The standard InChI is InChI=1S/C8H11NO2S/c1-9(5-8(10)11)4-7-2-3-12-6-7/h2-3,6H,4-5H2,1H3,(H,10,11). The normalized spacial score (nSPS) is 10.5. The Morgan fingerprint density at radius 3 is 3.00 bits per heavy atom. The van der Waals surface area contributed by atoms with E-state index in [1.165, 1.54) is 5.56 Å². The lowest BCUT2D eigenvalue weighted by Crippen LogP contribution is -2.24. The zero-order valence-corrected chi connectivity index (χ0v) is 7.67. The minimum atomic E-state index is -0.785. The van der Waals surface area contributed by atoms with Crippen LogP contribution in [-0.4, -0.2) is 29.6 Å². The topological polar surface area (TPSA) is 40.5 Å². The van der Waals surface area contributed by atoms with Gasteiger partial charge in [0.1, 0.15) is 0 Å². The molecule has 0 bridgehead atoms. The fourth-order valence-corrected chi connectivity index (χ4v) is 1.64. The second-order valence-corrected chi connectivity index (χ2v) is 3.48. The number of carbonyl (C=O) groups is 1. The Bertz CT molecular complexity index is 246. The van der Waals surface area contributed by atoms with Gasteiger partial charge in [-0.05, 0) is 29.4 Å². The van der Waals surface area contributed by atoms with Crippen LogP contribution in [0.3, 0.4) is 0 Å². The van der Waals surface area contributed by atoms with Crippen molar-refractivity contribution in [1.29, 1.82) is 0 Å². The lowest BCUT2D eigenvalue weighted by atomic mass is 10.3. The van der Waals surface area contributed by atoms with Gasteiger partial charge in [0.15, 0.2) is 0 Å². The molecule has 0 fully saturated rings. The van der Waals surface area contributed by atoms with Crippen molar-refractivity contribution in [3.05, 3.63) is 22.4 Å². The summed E-state index contributed by atoms with van der Waals surface area (Å²) in [5.41, 5.74) is 1.17. The average Bonchev–Trinajstić information content (AvgIpc) is 2.37. The molecule has 1 rings (SSSR count). The highest BCUT2D eigenvalue weighted by Crippen LogP contribution is 2.07. The van der Waals surface area contributed by atoms with E-state index in [1.807, 2.05) is 16.8 Å². The SMILES string of the molecule is CN(CC(=O)O)Cc1ccsc1. The average molecular weight is 185 g/mol. The predicted molar refractivity (Wildman–Crippen MR) is 48.3 cm³/mol. The third-order valence-electron chi connectivity index (χ3n) is 1.44. The van der Waals surface area contributed by atoms with Crippen LogP contribution in [0.15, 0.2) is 16.8 Å². The molecule has 0 aliphatic rings. The molecule has 0 radical (unpaired) electrons. The van der Waals surface area contributed by atoms with Gasteiger partial charge in [-0.1, -0.05) is 0 Å². The van der Waals surface area contributed by atoms with Gasteiger partial charge in [-0.25, -0.2) is 0 Å². The molecule has 0 unspecified atom stereocenters. The molecule has 0 aliphatic carbocycles. The van der Waals surface area contributed by atoms with Gasteiger partial charge in [-0.15, -0.1) is 0 Å². The smallest absolute Gasteiger partial charge is 0.317 e. The van der Waals surface area contributed by atoms with E-state index in [0.717, 1.165) is 0 Å². The minimum Gasteiger partial charge on any atom is -0.480 e. The van der Waals surface area contributed by atoms with E-state index in [-0.39, 0.29) is 6.54 Å². The first-order chi connectivity index (χ1) is 5.68. The van der Waals surface area contributed by atoms with Crippen molar-refractivity contribution in [2.24, 2.45) is 0 Å². The first kappa shape index (κ1) is 9.22. The third kappa shape index (κ3) is 3.02. The first-order valence-corrected chi connectivity index (χ1v) is 4.54. The van der Waals surface area contributed by atoms with Crippen molar-refractivity contribution in [3.63, 3.8) is 0 Å². The number of likely N-dealkylation sites (N-methyl/N-ethyl adjacent to an activating group) is 1. The molecular weight excluding hydrogens is 174 g/mol. The lowest BCUT2D eigenvalue weighted by Gasteiger charge is -2.11. The second-order valence-electron chi connectivity index (χ2n) is 2.70. The molecule has 0 aromatic carbocycles. The van der Waals surface area contributed by atoms with Crippen molar-refractivity contribution >= 4 is 17.3 Å². The van der Waals surface area contributed by atoms with E-state index in [9.17, 15) is 4.79 Å². The van der Waals surface area contributed by atoms with Crippen LogP contribution < -0.4 is 0 Å². The fourth-order valence-electron chi connectivity index (χ4n) is 0.981. The van der Waals surface area contributed by atoms with Crippen molar-refractivity contribution in [2.45, 2.75) is 6.54 Å². The monoisotopic (exact) mass is 185 g/mol. The molecule has 66 valence electrons. The van der Waals surface area contributed by atoms with Crippen LogP contribution in [0.5, 0.6) is 0 Å². The third-order valence-corrected chi connectivity index (χ3v) is 2.17. The summed E-state index contributed by atoms with van der Waals surface area (Å²) in [5.74, 6) is -0.785. The summed E-state index contributed by atoms with van der Waals surface area (Å²) in [5, 5.41) is 12.5. The zero-order valence-electron chi connectivity index (χ0n) is 6.86. The number of hydrogen-bond acceptors (Lipinski definition) is 3. The molecule has 0 atom stereocenters. The highest BCUT2D eigenvalue weighted by atomic mass is 32.1. The first-order valence-electron chi connectivity index (χ1n) is 3.60. The molecule has 12 heavy (non-hydrogen) atoms. The molecule has 1 aromatic rings. The van der Waals surface area contributed by atoms with Gasteiger partial charge < -0.3 is 5.11 Å². The van der Waals surface area contributed by atoms with Gasteiger partial charge in [0, 0.05) is 6.54 Å². The quantitative estimate of drug-likeness (QED) is 0.767. The molecule has 1 aromatic heterocycles. The lowest BCUT2D eigenvalue weighted by molar-refractivity contribution is -0.138. The van der Waals surface area contributed by atoms with Gasteiger partial charge in [-0.2, -0.15) is 11.3 Å². The summed E-state index contributed by atoms with van der Waals surface area (Å²) in [7, 11) is 1.80. The highest BCUT2D eigenvalue weighted by molar-refractivity contribution is 7.07. The van der Waals surface area contributed by atoms with E-state index in [1.54, 1.807) is 23.3 Å². The molecule has 1 N–H and O–H groups in total. The maximum Gasteiger partial charge on any atom is 0.317 e. The van der Waals surface area contributed by atoms with Crippen LogP contribution in [0.2, 0.25) is 0 Å². The van der Waals surface area contributed by atoms with Crippen LogP contribution >= 0.6 is 11.3 Å². The van der Waals surface area contributed by atoms with Crippen LogP contribution in [-0.2, 0) is 11.3 Å². The maximum absolute atomic E-state index is 10.3. The number of rotatable bonds is 4. The molecule has 0 saturated heterocycles. The van der Waals surface area contributed by atoms with E-state index < -0.39 is 5.97 Å². The number of thiophene rings is 1. The van der Waals surface area contributed by atoms with Gasteiger partial charge in [0.2, 0.25) is 0 Å². The van der Waals surface area contributed by atoms with Crippen molar-refractivity contribution in [1.82, 2.24) is 4.90 Å². The Hall–Kier alpha value is -0.870. The van der Waals surface area contributed by atoms with Gasteiger partial charge in [0.05, 0.1) is 6.54 Å². The van der Waals surface area contributed by atoms with E-state index in [2.05, 4.69) is 0 Å². The van der Waals surface area contributed by atoms with E-state index in [4.69, 9.17) is 5.11 Å². The number of nitrogens with zero attached hydrogens (tertiary/aromatic N) is 1. The molecule has 0 amide bonds. The molecule has 1 heterocycles. The van der Waals surface area contributed by atoms with Crippen molar-refractivity contribution in [2.75, 3.05) is 13.6 Å². The van der Waals surface area contributed by atoms with Crippen molar-refractivity contribution < 1.29 is 9.90 Å². The Balaban J connectivity index is 2.36. The van der Waals surface area contributed by atoms with Gasteiger partial charge in [-0.3, -0.25) is 9.69 Å². The number of carboxylic acids is 1. The fraction of sp³-hybridized carbons (Fsp3) is 0.375. The largest absolute Gasteiger partial charge is 0.480 e. The van der Waals surface area contributed by atoms with Gasteiger partial charge >= 0.3 is 5.97 Å². The molecule has 0 aliphatic heterocycles. The maximum atomic E-state index is 10.3. The number of carboxylic acid groups (broad SMARTS) is 1. The van der Waals surface area contributed by atoms with Crippen LogP contribution in [0.4, 0.5) is 0 Å². The van der Waals surface area contributed by atoms with Crippen LogP contribution in [0.25, 0.3) is 0 Å². The van der Waals surface area contributed by atoms with E-state index in [0.29, 0.717) is 6.54 Å². The van der Waals surface area contributed by atoms with Gasteiger partial charge in [0.25, 0.3) is 0 Å². The molecule has 4 heteroatoms. The second kappa shape index (κ2) is 4.23. The van der Waals surface area contributed by atoms with E-state index >= 15 is 0 Å². The Labute approximate surface area is 75.2 Å². The summed E-state index contributed by atoms with van der Waals surface area (Å²) >= 11 is 1.63. The molecule has 0 spiro atoms. The number of hydrogen-bond donors (Lipinski definition) is 1. The summed E-state index contributed by atoms with van der Waals surface area (Å²) < 4.78 is 0. The Morgan fingerprint density at radius 1 is 1.75 bits per heavy atom. The summed E-state index contributed by atoms with van der Waals surface area (Å²) in [6.45, 7) is 0.797. The Kier molecular flexibility index (Phi) is 3.25. The molecule has 0 saturated carbocycles. The predicted octanol–water partition coefficient (Wildman–Crippen LogP) is 1.26. The zero-order chi connectivity index (χ0) is 8.97. The van der Waals surface area contributed by atoms with Crippen LogP contribution in [0, 0.1) is 0 Å². The summed E-state index contributed by atoms with van der Waals surface area (Å²) in [6, 6.07) is 2.00. The molecule has 3 nitrogen and oxygen atoms in total. The summed E-state index contributed by atoms with van der Waals surface area (Å²) in [4.78, 5) is 12.1. The van der Waals surface area contributed by atoms with Crippen molar-refractivity contribution in [3.8, 4) is 0 Å². The van der Waals surface area contributed by atoms with Crippen LogP contribution in [0.1, 0.15) is 5.56 Å². The summed E-state index contributed by atoms with van der Waals surface area (Å²) in [6.07, 6.45) is 0. The minimum absolute atomic E-state index is 0.0931. The number of aliphatic carboxylic acids is 1. The Morgan fingerprint density at radius 2 is 2.50 bits per heavy atom. The highest BCUT2D eigenvalue weighted by Gasteiger charge is 2.04. The molecular formula is C8H11NO2S.